The molecule has 30 heavy (non-hydrogen) atoms. The van der Waals surface area contributed by atoms with Gasteiger partial charge in [-0.25, -0.2) is 0 Å². The Morgan fingerprint density at radius 3 is 2.23 bits per heavy atom. The summed E-state index contributed by atoms with van der Waals surface area (Å²) in [6, 6.07) is 15.4. The maximum atomic E-state index is 12.8. The van der Waals surface area contributed by atoms with Crippen LogP contribution in [0.2, 0.25) is 0 Å². The fourth-order valence-electron chi connectivity index (χ4n) is 3.38. The molecule has 0 radical (unpaired) electrons. The molecule has 3 aromatic rings. The third-order valence-electron chi connectivity index (χ3n) is 5.19. The van der Waals surface area contributed by atoms with Gasteiger partial charge in [-0.1, -0.05) is 43.3 Å². The summed E-state index contributed by atoms with van der Waals surface area (Å²) >= 11 is 1.61. The molecule has 158 valence electrons. The van der Waals surface area contributed by atoms with Gasteiger partial charge >= 0.3 is 12.1 Å². The molecule has 1 aromatic heterocycles. The lowest BCUT2D eigenvalue weighted by Gasteiger charge is -2.10. The lowest BCUT2D eigenvalue weighted by Crippen LogP contribution is -2.03. The number of carboxylic acid groups (broad SMARTS) is 1. The van der Waals surface area contributed by atoms with Crippen LogP contribution < -0.4 is 0 Å². The van der Waals surface area contributed by atoms with E-state index in [4.69, 9.17) is 5.11 Å². The van der Waals surface area contributed by atoms with Gasteiger partial charge in [0, 0.05) is 9.75 Å². The van der Waals surface area contributed by atoms with Gasteiger partial charge in [0.05, 0.1) is 12.0 Å². The van der Waals surface area contributed by atoms with Gasteiger partial charge < -0.3 is 5.11 Å². The molecule has 6 heteroatoms. The van der Waals surface area contributed by atoms with E-state index in [0.29, 0.717) is 0 Å². The van der Waals surface area contributed by atoms with Crippen molar-refractivity contribution in [1.29, 1.82) is 0 Å². The van der Waals surface area contributed by atoms with Crippen LogP contribution in [0.5, 0.6) is 0 Å². The second-order valence-electron chi connectivity index (χ2n) is 7.53. The highest BCUT2D eigenvalue weighted by Crippen LogP contribution is 2.35. The summed E-state index contributed by atoms with van der Waals surface area (Å²) in [5.74, 6) is -0.828. The predicted octanol–water partition coefficient (Wildman–Crippen LogP) is 7.11. The summed E-state index contributed by atoms with van der Waals surface area (Å²) in [7, 11) is 0. The Morgan fingerprint density at radius 2 is 1.67 bits per heavy atom. The molecule has 0 amide bonds. The van der Waals surface area contributed by atoms with Crippen LogP contribution in [0.4, 0.5) is 13.2 Å². The van der Waals surface area contributed by atoms with Crippen LogP contribution in [-0.2, 0) is 23.8 Å². The molecular weight excluding hydrogens is 409 g/mol. The van der Waals surface area contributed by atoms with Crippen molar-refractivity contribution < 1.29 is 23.1 Å². The molecule has 1 heterocycles. The van der Waals surface area contributed by atoms with Crippen LogP contribution in [0, 0.1) is 6.92 Å². The van der Waals surface area contributed by atoms with Crippen molar-refractivity contribution >= 4 is 17.3 Å². The Balaban J connectivity index is 1.66. The third-order valence-corrected chi connectivity index (χ3v) is 6.53. The Hall–Kier alpha value is -2.60. The number of aryl methyl sites for hydroxylation is 3. The largest absolute Gasteiger partial charge is 0.481 e. The van der Waals surface area contributed by atoms with Gasteiger partial charge in [0.1, 0.15) is 0 Å². The molecule has 1 unspecified atom stereocenters. The van der Waals surface area contributed by atoms with Crippen LogP contribution in [0.3, 0.4) is 0 Å². The normalized spacial score (nSPS) is 12.7. The Kier molecular flexibility index (Phi) is 6.66. The van der Waals surface area contributed by atoms with Crippen molar-refractivity contribution in [1.82, 2.24) is 0 Å². The number of benzene rings is 2. The first-order valence-corrected chi connectivity index (χ1v) is 10.5. The summed E-state index contributed by atoms with van der Waals surface area (Å²) < 4.78 is 38.3. The number of carbonyl (C=O) groups is 1. The zero-order valence-corrected chi connectivity index (χ0v) is 17.6. The molecule has 0 aliphatic rings. The van der Waals surface area contributed by atoms with Gasteiger partial charge in [-0.3, -0.25) is 4.79 Å². The molecular formula is C24H23F3O2S. The summed E-state index contributed by atoms with van der Waals surface area (Å²) in [6.45, 7) is 3.93. The van der Waals surface area contributed by atoms with Gasteiger partial charge in [-0.15, -0.1) is 11.3 Å². The van der Waals surface area contributed by atoms with Crippen molar-refractivity contribution in [3.63, 3.8) is 0 Å². The van der Waals surface area contributed by atoms with Gasteiger partial charge in [0.2, 0.25) is 0 Å². The van der Waals surface area contributed by atoms with E-state index >= 15 is 0 Å². The predicted molar refractivity (Wildman–Crippen MR) is 114 cm³/mol. The average Bonchev–Trinajstić information content (AvgIpc) is 3.06. The molecule has 0 saturated heterocycles. The smallest absolute Gasteiger partial charge is 0.416 e. The minimum atomic E-state index is -4.32. The summed E-state index contributed by atoms with van der Waals surface area (Å²) in [4.78, 5) is 13.0. The van der Waals surface area contributed by atoms with E-state index in [2.05, 4.69) is 0 Å². The van der Waals surface area contributed by atoms with Crippen LogP contribution in [-0.4, -0.2) is 11.1 Å². The Labute approximate surface area is 178 Å². The lowest BCUT2D eigenvalue weighted by atomic mass is 9.96. The standard InChI is InChI=1S/C24H23F3O2S/c1-15(14-23(28)29)18-6-3-17(4-7-18)5-12-21-16(2)13-22(30-21)19-8-10-20(11-9-19)24(25,26)27/h3-4,6-11,13,15H,5,12,14H2,1-2H3,(H,28,29). The minimum absolute atomic E-state index is 0.0256. The Morgan fingerprint density at radius 1 is 1.03 bits per heavy atom. The molecule has 0 aliphatic heterocycles. The van der Waals surface area contributed by atoms with Crippen LogP contribution in [0.25, 0.3) is 10.4 Å². The number of hydrogen-bond acceptors (Lipinski definition) is 2. The molecule has 2 aromatic carbocycles. The van der Waals surface area contributed by atoms with E-state index in [0.717, 1.165) is 46.5 Å². The minimum Gasteiger partial charge on any atom is -0.481 e. The zero-order chi connectivity index (χ0) is 21.9. The van der Waals surface area contributed by atoms with E-state index < -0.39 is 17.7 Å². The topological polar surface area (TPSA) is 37.3 Å². The number of thiophene rings is 1. The van der Waals surface area contributed by atoms with E-state index in [1.807, 2.05) is 44.2 Å². The molecule has 0 fully saturated rings. The quantitative estimate of drug-likeness (QED) is 0.432. The first kappa shape index (κ1) is 22.1. The highest BCUT2D eigenvalue weighted by molar-refractivity contribution is 7.15. The van der Waals surface area contributed by atoms with Crippen molar-refractivity contribution in [2.45, 2.75) is 45.2 Å². The highest BCUT2D eigenvalue weighted by Gasteiger charge is 2.30. The van der Waals surface area contributed by atoms with Crippen LogP contribution in [0.15, 0.2) is 54.6 Å². The van der Waals surface area contributed by atoms with E-state index in [9.17, 15) is 18.0 Å². The van der Waals surface area contributed by atoms with Gasteiger partial charge in [-0.05, 0) is 66.1 Å². The highest BCUT2D eigenvalue weighted by atomic mass is 32.1. The SMILES string of the molecule is Cc1cc(-c2ccc(C(F)(F)F)cc2)sc1CCc1ccc(C(C)CC(=O)O)cc1. The second kappa shape index (κ2) is 9.04. The summed E-state index contributed by atoms with van der Waals surface area (Å²) in [5.41, 5.74) is 3.48. The Bertz CT molecular complexity index is 1000. The summed E-state index contributed by atoms with van der Waals surface area (Å²) in [5, 5.41) is 8.92. The van der Waals surface area contributed by atoms with Crippen LogP contribution in [0.1, 0.15) is 46.4 Å². The number of rotatable bonds is 7. The van der Waals surface area contributed by atoms with E-state index in [1.54, 1.807) is 11.3 Å². The fourth-order valence-corrected chi connectivity index (χ4v) is 4.56. The fraction of sp³-hybridized carbons (Fsp3) is 0.292. The van der Waals surface area contributed by atoms with Gasteiger partial charge in [0.15, 0.2) is 0 Å². The second-order valence-corrected chi connectivity index (χ2v) is 8.67. The first-order valence-electron chi connectivity index (χ1n) is 9.71. The molecule has 0 bridgehead atoms. The number of aliphatic carboxylic acids is 1. The number of alkyl halides is 3. The molecule has 1 atom stereocenters. The average molecular weight is 433 g/mol. The molecule has 1 N–H and O–H groups in total. The van der Waals surface area contributed by atoms with Crippen molar-refractivity contribution in [2.24, 2.45) is 0 Å². The van der Waals surface area contributed by atoms with Crippen LogP contribution >= 0.6 is 11.3 Å². The van der Waals surface area contributed by atoms with Gasteiger partial charge in [0.25, 0.3) is 0 Å². The molecule has 0 spiro atoms. The zero-order valence-electron chi connectivity index (χ0n) is 16.8. The van der Waals surface area contributed by atoms with Crippen molar-refractivity contribution in [3.05, 3.63) is 81.7 Å². The maximum absolute atomic E-state index is 12.8. The first-order chi connectivity index (χ1) is 14.1. The summed E-state index contributed by atoms with van der Waals surface area (Å²) in [6.07, 6.45) is -2.51. The number of carboxylic acids is 1. The van der Waals surface area contributed by atoms with E-state index in [-0.39, 0.29) is 12.3 Å². The van der Waals surface area contributed by atoms with E-state index in [1.165, 1.54) is 22.6 Å². The monoisotopic (exact) mass is 432 g/mol. The molecule has 0 saturated carbocycles. The van der Waals surface area contributed by atoms with Crippen molar-refractivity contribution in [2.75, 3.05) is 0 Å². The van der Waals surface area contributed by atoms with Crippen molar-refractivity contribution in [3.8, 4) is 10.4 Å². The number of halogens is 3. The number of hydrogen-bond donors (Lipinski definition) is 1. The molecule has 3 rings (SSSR count). The van der Waals surface area contributed by atoms with Gasteiger partial charge in [-0.2, -0.15) is 13.2 Å². The molecule has 0 aliphatic carbocycles. The lowest BCUT2D eigenvalue weighted by molar-refractivity contribution is -0.138. The maximum Gasteiger partial charge on any atom is 0.416 e. The molecule has 2 nitrogen and oxygen atoms in total. The third kappa shape index (κ3) is 5.51.